The van der Waals surface area contributed by atoms with E-state index in [-0.39, 0.29) is 12.1 Å². The minimum Gasteiger partial charge on any atom is -0.462 e. The molecule has 2 nitrogen and oxygen atoms in total. The summed E-state index contributed by atoms with van der Waals surface area (Å²) >= 11 is 0. The molecule has 106 valence electrons. The lowest BCUT2D eigenvalue weighted by Crippen LogP contribution is -2.15. The van der Waals surface area contributed by atoms with Crippen molar-refractivity contribution in [1.29, 1.82) is 0 Å². The van der Waals surface area contributed by atoms with Crippen LogP contribution in [-0.4, -0.2) is 12.1 Å². The maximum absolute atomic E-state index is 10.9. The van der Waals surface area contributed by atoms with E-state index >= 15 is 0 Å². The third-order valence-electron chi connectivity index (χ3n) is 3.14. The van der Waals surface area contributed by atoms with E-state index in [2.05, 4.69) is 13.5 Å². The lowest BCUT2D eigenvalue weighted by Gasteiger charge is -2.14. The summed E-state index contributed by atoms with van der Waals surface area (Å²) in [5.41, 5.74) is 0. The number of unbranched alkanes of at least 4 members (excludes halogenated alkanes) is 7. The van der Waals surface area contributed by atoms with Gasteiger partial charge in [-0.15, -0.1) is 6.58 Å². The van der Waals surface area contributed by atoms with Crippen molar-refractivity contribution in [3.05, 3.63) is 12.7 Å². The van der Waals surface area contributed by atoms with Crippen LogP contribution in [0, 0.1) is 0 Å². The van der Waals surface area contributed by atoms with Gasteiger partial charge in [-0.3, -0.25) is 4.79 Å². The van der Waals surface area contributed by atoms with Crippen molar-refractivity contribution in [2.24, 2.45) is 0 Å². The number of carbonyl (C=O) groups is 1. The molecule has 0 aliphatic rings. The van der Waals surface area contributed by atoms with Crippen LogP contribution in [-0.2, 0) is 9.53 Å². The Labute approximate surface area is 113 Å². The van der Waals surface area contributed by atoms with Crippen LogP contribution < -0.4 is 0 Å². The van der Waals surface area contributed by atoms with E-state index in [4.69, 9.17) is 4.74 Å². The average molecular weight is 254 g/mol. The molecule has 0 aromatic rings. The van der Waals surface area contributed by atoms with Crippen LogP contribution in [0.5, 0.6) is 0 Å². The molecule has 0 aliphatic carbocycles. The fourth-order valence-corrected chi connectivity index (χ4v) is 2.15. The Morgan fingerprint density at radius 3 is 2.17 bits per heavy atom. The third kappa shape index (κ3) is 11.7. The minimum atomic E-state index is -0.179. The number of ether oxygens (including phenoxy) is 1. The molecule has 2 heteroatoms. The molecule has 0 amide bonds. The van der Waals surface area contributed by atoms with Gasteiger partial charge in [-0.1, -0.05) is 57.9 Å². The van der Waals surface area contributed by atoms with Gasteiger partial charge in [0.05, 0.1) is 0 Å². The monoisotopic (exact) mass is 254 g/mol. The van der Waals surface area contributed by atoms with Gasteiger partial charge in [-0.05, 0) is 12.8 Å². The summed E-state index contributed by atoms with van der Waals surface area (Å²) in [5, 5.41) is 0. The zero-order chi connectivity index (χ0) is 13.6. The van der Waals surface area contributed by atoms with E-state index in [0.717, 1.165) is 19.3 Å². The minimum absolute atomic E-state index is 0.0418. The molecular formula is C16H30O2. The smallest absolute Gasteiger partial charge is 0.302 e. The molecular weight excluding hydrogens is 224 g/mol. The first-order valence-corrected chi connectivity index (χ1v) is 7.48. The molecule has 18 heavy (non-hydrogen) atoms. The van der Waals surface area contributed by atoms with Crippen LogP contribution in [0.2, 0.25) is 0 Å². The van der Waals surface area contributed by atoms with Crippen LogP contribution in [0.25, 0.3) is 0 Å². The molecule has 0 heterocycles. The molecule has 0 spiro atoms. The summed E-state index contributed by atoms with van der Waals surface area (Å²) in [7, 11) is 0. The summed E-state index contributed by atoms with van der Waals surface area (Å²) in [5.74, 6) is -0.179. The van der Waals surface area contributed by atoms with Crippen molar-refractivity contribution < 1.29 is 9.53 Å². The van der Waals surface area contributed by atoms with Crippen LogP contribution >= 0.6 is 0 Å². The molecule has 0 radical (unpaired) electrons. The van der Waals surface area contributed by atoms with Crippen molar-refractivity contribution in [3.63, 3.8) is 0 Å². The van der Waals surface area contributed by atoms with Crippen LogP contribution in [0.15, 0.2) is 12.7 Å². The number of hydrogen-bond donors (Lipinski definition) is 0. The third-order valence-corrected chi connectivity index (χ3v) is 3.14. The molecule has 1 atom stereocenters. The van der Waals surface area contributed by atoms with Gasteiger partial charge in [0.2, 0.25) is 0 Å². The Bertz CT molecular complexity index is 211. The number of carbonyl (C=O) groups excluding carboxylic acids is 1. The second-order valence-corrected chi connectivity index (χ2v) is 5.02. The summed E-state index contributed by atoms with van der Waals surface area (Å²) in [4.78, 5) is 10.9. The largest absolute Gasteiger partial charge is 0.462 e. The molecule has 0 fully saturated rings. The SMILES string of the molecule is C=CCC(CCCCCCCCCC)OC(C)=O. The number of esters is 1. The van der Waals surface area contributed by atoms with Crippen molar-refractivity contribution in [3.8, 4) is 0 Å². The summed E-state index contributed by atoms with van der Waals surface area (Å²) in [6.07, 6.45) is 14.1. The summed E-state index contributed by atoms with van der Waals surface area (Å²) in [6.45, 7) is 7.42. The zero-order valence-corrected chi connectivity index (χ0v) is 12.2. The van der Waals surface area contributed by atoms with E-state index in [1.165, 1.54) is 51.9 Å². The molecule has 0 aromatic heterocycles. The normalized spacial score (nSPS) is 12.1. The quantitative estimate of drug-likeness (QED) is 0.277. The van der Waals surface area contributed by atoms with Gasteiger partial charge in [0.15, 0.2) is 0 Å². The van der Waals surface area contributed by atoms with Crippen molar-refractivity contribution in [2.75, 3.05) is 0 Å². The molecule has 0 N–H and O–H groups in total. The zero-order valence-electron chi connectivity index (χ0n) is 12.2. The van der Waals surface area contributed by atoms with Crippen LogP contribution in [0.3, 0.4) is 0 Å². The topological polar surface area (TPSA) is 26.3 Å². The van der Waals surface area contributed by atoms with E-state index in [1.54, 1.807) is 0 Å². The van der Waals surface area contributed by atoms with Crippen LogP contribution in [0.4, 0.5) is 0 Å². The predicted octanol–water partition coefficient (Wildman–Crippen LogP) is 5.03. The molecule has 0 aromatic carbocycles. The van der Waals surface area contributed by atoms with Crippen molar-refractivity contribution in [2.45, 2.75) is 84.2 Å². The maximum Gasteiger partial charge on any atom is 0.302 e. The van der Waals surface area contributed by atoms with E-state index in [1.807, 2.05) is 6.08 Å². The van der Waals surface area contributed by atoms with Gasteiger partial charge in [-0.2, -0.15) is 0 Å². The van der Waals surface area contributed by atoms with Gasteiger partial charge >= 0.3 is 5.97 Å². The highest BCUT2D eigenvalue weighted by molar-refractivity contribution is 5.66. The van der Waals surface area contributed by atoms with Crippen molar-refractivity contribution in [1.82, 2.24) is 0 Å². The van der Waals surface area contributed by atoms with Gasteiger partial charge in [0.1, 0.15) is 6.10 Å². The molecule has 0 bridgehead atoms. The lowest BCUT2D eigenvalue weighted by molar-refractivity contribution is -0.146. The summed E-state index contributed by atoms with van der Waals surface area (Å²) < 4.78 is 5.24. The van der Waals surface area contributed by atoms with Crippen molar-refractivity contribution >= 4 is 5.97 Å². The van der Waals surface area contributed by atoms with Gasteiger partial charge in [-0.25, -0.2) is 0 Å². The Balaban J connectivity index is 3.42. The lowest BCUT2D eigenvalue weighted by atomic mass is 10.0. The summed E-state index contributed by atoms with van der Waals surface area (Å²) in [6, 6.07) is 0. The fourth-order valence-electron chi connectivity index (χ4n) is 2.15. The molecule has 0 rings (SSSR count). The maximum atomic E-state index is 10.9. The number of hydrogen-bond acceptors (Lipinski definition) is 2. The second kappa shape index (κ2) is 12.7. The highest BCUT2D eigenvalue weighted by atomic mass is 16.5. The van der Waals surface area contributed by atoms with Gasteiger partial charge in [0.25, 0.3) is 0 Å². The molecule has 1 unspecified atom stereocenters. The molecule has 0 saturated heterocycles. The molecule has 0 saturated carbocycles. The first kappa shape index (κ1) is 17.2. The Morgan fingerprint density at radius 2 is 1.67 bits per heavy atom. The van der Waals surface area contributed by atoms with Crippen LogP contribution in [0.1, 0.15) is 78.1 Å². The second-order valence-electron chi connectivity index (χ2n) is 5.02. The standard InChI is InChI=1S/C16H30O2/c1-4-6-7-8-9-10-11-12-14-16(13-5-2)18-15(3)17/h5,16H,2,4,6-14H2,1,3H3. The Hall–Kier alpha value is -0.790. The Kier molecular flexibility index (Phi) is 12.1. The highest BCUT2D eigenvalue weighted by Crippen LogP contribution is 2.14. The highest BCUT2D eigenvalue weighted by Gasteiger charge is 2.09. The average Bonchev–Trinajstić information content (AvgIpc) is 2.32. The van der Waals surface area contributed by atoms with E-state index < -0.39 is 0 Å². The predicted molar refractivity (Wildman–Crippen MR) is 77.6 cm³/mol. The number of rotatable bonds is 12. The Morgan fingerprint density at radius 1 is 1.11 bits per heavy atom. The van der Waals surface area contributed by atoms with Gasteiger partial charge < -0.3 is 4.74 Å². The fraction of sp³-hybridized carbons (Fsp3) is 0.812. The van der Waals surface area contributed by atoms with Gasteiger partial charge in [0, 0.05) is 13.3 Å². The first-order valence-electron chi connectivity index (χ1n) is 7.48. The first-order chi connectivity index (χ1) is 8.70. The van der Waals surface area contributed by atoms with E-state index in [0.29, 0.717) is 0 Å². The molecule has 0 aliphatic heterocycles. The van der Waals surface area contributed by atoms with E-state index in [9.17, 15) is 4.79 Å².